The molecule has 3 rings (SSSR count). The molecule has 1 aromatic heterocycles. The van der Waals surface area contributed by atoms with E-state index in [4.69, 9.17) is 21.1 Å². The first-order valence-corrected chi connectivity index (χ1v) is 11.5. The lowest BCUT2D eigenvalue weighted by Crippen LogP contribution is -2.09. The number of hydrogen-bond acceptors (Lipinski definition) is 6. The fourth-order valence-corrected chi connectivity index (χ4v) is 4.08. The number of fused-ring (bicyclic) bond motifs is 1. The fraction of sp³-hybridized carbons (Fsp3) is 0.348. The van der Waals surface area contributed by atoms with Crippen LogP contribution in [0.15, 0.2) is 44.9 Å². The molecule has 6 nitrogen and oxygen atoms in total. The summed E-state index contributed by atoms with van der Waals surface area (Å²) < 4.78 is 11.5. The second kappa shape index (κ2) is 10.7. The molecule has 3 aromatic rings. The molecular formula is C23H26ClNO5S. The highest BCUT2D eigenvalue weighted by Gasteiger charge is 2.20. The van der Waals surface area contributed by atoms with Gasteiger partial charge in [0.1, 0.15) is 10.6 Å². The average Bonchev–Trinajstić information content (AvgIpc) is 2.74. The number of unbranched alkanes of at least 4 members (excludes halogenated alkanes) is 2. The van der Waals surface area contributed by atoms with Gasteiger partial charge in [0, 0.05) is 10.4 Å². The number of halogens is 1. The van der Waals surface area contributed by atoms with Crippen LogP contribution >= 0.6 is 23.4 Å². The van der Waals surface area contributed by atoms with E-state index in [1.807, 2.05) is 6.92 Å². The molecule has 0 spiro atoms. The Morgan fingerprint density at radius 1 is 1.00 bits per heavy atom. The van der Waals surface area contributed by atoms with Crippen LogP contribution < -0.4 is 15.0 Å². The van der Waals surface area contributed by atoms with Crippen LogP contribution in [0.3, 0.4) is 0 Å². The molecule has 0 saturated carbocycles. The van der Waals surface area contributed by atoms with E-state index in [-0.39, 0.29) is 22.1 Å². The first-order chi connectivity index (χ1) is 15.0. The van der Waals surface area contributed by atoms with Gasteiger partial charge in [-0.2, -0.15) is 0 Å². The van der Waals surface area contributed by atoms with Gasteiger partial charge in [-0.3, -0.25) is 4.79 Å². The molecule has 3 N–H and O–H groups in total. The molecule has 2 aromatic carbocycles. The van der Waals surface area contributed by atoms with E-state index in [1.165, 1.54) is 0 Å². The van der Waals surface area contributed by atoms with E-state index >= 15 is 0 Å². The van der Waals surface area contributed by atoms with Gasteiger partial charge in [-0.25, -0.2) is 0 Å². The zero-order chi connectivity index (χ0) is 22.4. The summed E-state index contributed by atoms with van der Waals surface area (Å²) in [6.07, 6.45) is 3.59. The summed E-state index contributed by atoms with van der Waals surface area (Å²) in [6.45, 7) is 5.00. The van der Waals surface area contributed by atoms with E-state index in [9.17, 15) is 15.0 Å². The predicted molar refractivity (Wildman–Crippen MR) is 124 cm³/mol. The summed E-state index contributed by atoms with van der Waals surface area (Å²) in [5, 5.41) is 22.4. The van der Waals surface area contributed by atoms with E-state index in [0.29, 0.717) is 39.8 Å². The van der Waals surface area contributed by atoms with Crippen molar-refractivity contribution in [1.82, 2.24) is 4.98 Å². The number of ether oxygens (including phenoxy) is 2. The Labute approximate surface area is 190 Å². The third kappa shape index (κ3) is 5.40. The second-order valence-electron chi connectivity index (χ2n) is 7.07. The minimum absolute atomic E-state index is 0.106. The van der Waals surface area contributed by atoms with Gasteiger partial charge in [-0.05, 0) is 43.2 Å². The van der Waals surface area contributed by atoms with Gasteiger partial charge >= 0.3 is 0 Å². The fourth-order valence-electron chi connectivity index (χ4n) is 2.96. The Morgan fingerprint density at radius 3 is 2.42 bits per heavy atom. The number of hydrogen-bond donors (Lipinski definition) is 3. The van der Waals surface area contributed by atoms with E-state index in [0.717, 1.165) is 37.4 Å². The van der Waals surface area contributed by atoms with E-state index in [2.05, 4.69) is 11.9 Å². The van der Waals surface area contributed by atoms with Gasteiger partial charge in [0.25, 0.3) is 5.56 Å². The van der Waals surface area contributed by atoms with Gasteiger partial charge in [0.2, 0.25) is 5.75 Å². The molecule has 31 heavy (non-hydrogen) atoms. The van der Waals surface area contributed by atoms with Crippen LogP contribution in [0.1, 0.15) is 39.5 Å². The molecule has 0 aliphatic carbocycles. The SMILES string of the molecule is CCCCOc1ccc(Sc2c(O)c3ccc(Cl)cc3[nH]c2=O)c(OCCCC)c1O. The number of H-pyrrole nitrogens is 1. The van der Waals surface area contributed by atoms with Crippen molar-refractivity contribution in [3.05, 3.63) is 45.7 Å². The van der Waals surface area contributed by atoms with Gasteiger partial charge < -0.3 is 24.7 Å². The summed E-state index contributed by atoms with van der Waals surface area (Å²) in [4.78, 5) is 16.0. The average molecular weight is 464 g/mol. The lowest BCUT2D eigenvalue weighted by atomic mass is 10.2. The van der Waals surface area contributed by atoms with Crippen molar-refractivity contribution < 1.29 is 19.7 Å². The summed E-state index contributed by atoms with van der Waals surface area (Å²) in [5.41, 5.74) is -0.0131. The van der Waals surface area contributed by atoms with E-state index < -0.39 is 5.56 Å². The van der Waals surface area contributed by atoms with Gasteiger partial charge in [0.15, 0.2) is 11.5 Å². The largest absolute Gasteiger partial charge is 0.506 e. The molecule has 0 amide bonds. The lowest BCUT2D eigenvalue weighted by molar-refractivity contribution is 0.263. The minimum Gasteiger partial charge on any atom is -0.506 e. The number of pyridine rings is 1. The Morgan fingerprint density at radius 2 is 1.71 bits per heavy atom. The summed E-state index contributed by atoms with van der Waals surface area (Å²) in [7, 11) is 0. The lowest BCUT2D eigenvalue weighted by Gasteiger charge is -2.16. The van der Waals surface area contributed by atoms with Crippen LogP contribution in [0.2, 0.25) is 5.02 Å². The van der Waals surface area contributed by atoms with Crippen molar-refractivity contribution in [2.24, 2.45) is 0 Å². The van der Waals surface area contributed by atoms with Crippen molar-refractivity contribution in [2.75, 3.05) is 13.2 Å². The zero-order valence-electron chi connectivity index (χ0n) is 17.5. The van der Waals surface area contributed by atoms with Crippen LogP contribution in [0.25, 0.3) is 10.9 Å². The van der Waals surface area contributed by atoms with Crippen molar-refractivity contribution in [3.63, 3.8) is 0 Å². The van der Waals surface area contributed by atoms with Crippen LogP contribution in [0.4, 0.5) is 0 Å². The van der Waals surface area contributed by atoms with Crippen LogP contribution in [0, 0.1) is 0 Å². The Bertz CT molecular complexity index is 1120. The number of benzene rings is 2. The van der Waals surface area contributed by atoms with Gasteiger partial charge in [-0.15, -0.1) is 0 Å². The Hall–Kier alpha value is -2.51. The Balaban J connectivity index is 2.00. The number of aromatic amines is 1. The Kier molecular flexibility index (Phi) is 7.98. The number of phenolic OH excluding ortho intramolecular Hbond substituents is 1. The molecule has 166 valence electrons. The molecule has 1 heterocycles. The summed E-state index contributed by atoms with van der Waals surface area (Å²) in [5.74, 6) is 0.307. The highest BCUT2D eigenvalue weighted by Crippen LogP contribution is 2.47. The van der Waals surface area contributed by atoms with Gasteiger partial charge in [0.05, 0.1) is 23.6 Å². The van der Waals surface area contributed by atoms with Crippen LogP contribution in [0.5, 0.6) is 23.0 Å². The number of nitrogens with one attached hydrogen (secondary N) is 1. The van der Waals surface area contributed by atoms with E-state index in [1.54, 1.807) is 30.3 Å². The van der Waals surface area contributed by atoms with Gasteiger partial charge in [-0.1, -0.05) is 50.1 Å². The smallest absolute Gasteiger partial charge is 0.266 e. The maximum Gasteiger partial charge on any atom is 0.266 e. The highest BCUT2D eigenvalue weighted by molar-refractivity contribution is 7.99. The molecule has 0 bridgehead atoms. The van der Waals surface area contributed by atoms with Crippen molar-refractivity contribution >= 4 is 34.3 Å². The molecule has 0 fully saturated rings. The highest BCUT2D eigenvalue weighted by atomic mass is 35.5. The molecule has 0 aliphatic rings. The number of phenols is 1. The maximum atomic E-state index is 12.7. The predicted octanol–water partition coefficient (Wildman–Crippen LogP) is 6.10. The molecule has 0 unspecified atom stereocenters. The van der Waals surface area contributed by atoms with Crippen LogP contribution in [-0.4, -0.2) is 28.4 Å². The number of aromatic nitrogens is 1. The van der Waals surface area contributed by atoms with Crippen molar-refractivity contribution in [2.45, 2.75) is 49.3 Å². The normalized spacial score (nSPS) is 11.1. The molecular weight excluding hydrogens is 438 g/mol. The second-order valence-corrected chi connectivity index (χ2v) is 8.56. The molecule has 0 aliphatic heterocycles. The monoisotopic (exact) mass is 463 g/mol. The number of rotatable bonds is 10. The van der Waals surface area contributed by atoms with Crippen molar-refractivity contribution in [1.29, 1.82) is 0 Å². The minimum atomic E-state index is -0.459. The summed E-state index contributed by atoms with van der Waals surface area (Å²) in [6, 6.07) is 8.24. The first-order valence-electron chi connectivity index (χ1n) is 10.3. The first kappa shape index (κ1) is 23.2. The topological polar surface area (TPSA) is 91.8 Å². The third-order valence-electron chi connectivity index (χ3n) is 4.68. The molecule has 0 radical (unpaired) electrons. The zero-order valence-corrected chi connectivity index (χ0v) is 19.1. The number of aromatic hydroxyl groups is 2. The summed E-state index contributed by atoms with van der Waals surface area (Å²) >= 11 is 7.02. The molecule has 0 atom stereocenters. The standard InChI is InChI=1S/C23H26ClNO5S/c1-3-5-11-29-17-9-10-18(21(20(17)27)30-12-6-4-2)31-22-19(26)15-8-7-14(24)13-16(15)25-23(22)28/h7-10,13,27H,3-6,11-12H2,1-2H3,(H2,25,26,28). The third-order valence-corrected chi connectivity index (χ3v) is 6.04. The molecule has 0 saturated heterocycles. The van der Waals surface area contributed by atoms with Crippen LogP contribution in [-0.2, 0) is 0 Å². The maximum absolute atomic E-state index is 12.7. The van der Waals surface area contributed by atoms with Crippen molar-refractivity contribution in [3.8, 4) is 23.0 Å². The quantitative estimate of drug-likeness (QED) is 0.314. The molecule has 8 heteroatoms.